The van der Waals surface area contributed by atoms with Gasteiger partial charge in [-0.05, 0) is 37.5 Å². The lowest BCUT2D eigenvalue weighted by Gasteiger charge is -2.44. The molecule has 1 N–H and O–H groups in total. The van der Waals surface area contributed by atoms with Crippen molar-refractivity contribution >= 4 is 11.9 Å². The number of aliphatic carboxylic acids is 1. The molecule has 2 fully saturated rings. The van der Waals surface area contributed by atoms with Crippen molar-refractivity contribution in [3.63, 3.8) is 0 Å². The van der Waals surface area contributed by atoms with Crippen molar-refractivity contribution < 1.29 is 14.7 Å². The van der Waals surface area contributed by atoms with Gasteiger partial charge in [-0.3, -0.25) is 9.59 Å². The Balaban J connectivity index is 1.78. The number of carbonyl (C=O) groups excluding carboxylic acids is 1. The van der Waals surface area contributed by atoms with Gasteiger partial charge in [-0.1, -0.05) is 31.4 Å². The van der Waals surface area contributed by atoms with E-state index in [1.54, 1.807) is 0 Å². The monoisotopic (exact) mass is 291 g/mol. The molecule has 0 aliphatic heterocycles. The molecule has 2 bridgehead atoms. The molecule has 4 aliphatic carbocycles. The predicted molar refractivity (Wildman–Crippen MR) is 79.6 cm³/mol. The molecule has 4 nitrogen and oxygen atoms in total. The Bertz CT molecular complexity index is 453. The third-order valence-corrected chi connectivity index (χ3v) is 5.79. The lowest BCUT2D eigenvalue weighted by Crippen LogP contribution is -2.51. The molecule has 0 saturated heterocycles. The first-order valence-corrected chi connectivity index (χ1v) is 8.27. The normalized spacial score (nSPS) is 35.7. The van der Waals surface area contributed by atoms with Crippen molar-refractivity contribution in [2.75, 3.05) is 7.05 Å². The molecule has 0 aromatic carbocycles. The van der Waals surface area contributed by atoms with Crippen LogP contribution in [0.15, 0.2) is 12.2 Å². The zero-order chi connectivity index (χ0) is 15.0. The molecule has 0 heterocycles. The molecule has 0 aromatic rings. The lowest BCUT2D eigenvalue weighted by atomic mass is 9.61. The summed E-state index contributed by atoms with van der Waals surface area (Å²) in [6.45, 7) is 0. The molecule has 0 aromatic heterocycles. The fourth-order valence-electron chi connectivity index (χ4n) is 4.55. The van der Waals surface area contributed by atoms with E-state index in [1.807, 2.05) is 18.0 Å². The molecular formula is C17H25NO3. The third kappa shape index (κ3) is 2.60. The number of nitrogens with zero attached hydrogens (tertiary/aromatic N) is 1. The summed E-state index contributed by atoms with van der Waals surface area (Å²) in [5.74, 6) is -1.45. The standard InChI is InChI=1S/C17H25NO3/c1-18(13-5-3-2-4-6-13)16(19)14-11-7-9-12(10-8-11)15(14)17(20)21/h7,9,11-15H,2-6,8,10H2,1H3,(H,20,21). The summed E-state index contributed by atoms with van der Waals surface area (Å²) < 4.78 is 0. The lowest BCUT2D eigenvalue weighted by molar-refractivity contribution is -0.157. The van der Waals surface area contributed by atoms with Gasteiger partial charge in [0.1, 0.15) is 0 Å². The van der Waals surface area contributed by atoms with Gasteiger partial charge in [-0.2, -0.15) is 0 Å². The largest absolute Gasteiger partial charge is 0.481 e. The SMILES string of the molecule is CN(C(=O)C1C2C=CC(CC2)C1C(=O)O)C1CCCCC1. The summed E-state index contributed by atoms with van der Waals surface area (Å²) in [5, 5.41) is 9.57. The first-order valence-electron chi connectivity index (χ1n) is 8.27. The van der Waals surface area contributed by atoms with E-state index in [4.69, 9.17) is 0 Å². The smallest absolute Gasteiger partial charge is 0.307 e. The van der Waals surface area contributed by atoms with Gasteiger partial charge >= 0.3 is 5.97 Å². The summed E-state index contributed by atoms with van der Waals surface area (Å²) in [6.07, 6.45) is 11.7. The van der Waals surface area contributed by atoms with Crippen LogP contribution in [-0.2, 0) is 9.59 Å². The maximum Gasteiger partial charge on any atom is 0.307 e. The summed E-state index contributed by atoms with van der Waals surface area (Å²) in [4.78, 5) is 26.5. The van der Waals surface area contributed by atoms with Gasteiger partial charge in [-0.25, -0.2) is 0 Å². The van der Waals surface area contributed by atoms with Crippen LogP contribution in [0.5, 0.6) is 0 Å². The quantitative estimate of drug-likeness (QED) is 0.813. The molecule has 4 atom stereocenters. The second-order valence-corrected chi connectivity index (χ2v) is 6.92. The minimum Gasteiger partial charge on any atom is -0.481 e. The Hall–Kier alpha value is -1.32. The van der Waals surface area contributed by atoms with E-state index in [0.717, 1.165) is 25.7 Å². The molecular weight excluding hydrogens is 266 g/mol. The van der Waals surface area contributed by atoms with E-state index in [2.05, 4.69) is 6.08 Å². The Morgan fingerprint density at radius 3 is 2.05 bits per heavy atom. The minimum atomic E-state index is -0.801. The van der Waals surface area contributed by atoms with Crippen LogP contribution in [-0.4, -0.2) is 35.0 Å². The van der Waals surface area contributed by atoms with Crippen LogP contribution >= 0.6 is 0 Å². The van der Waals surface area contributed by atoms with E-state index in [1.165, 1.54) is 19.3 Å². The maximum absolute atomic E-state index is 12.9. The topological polar surface area (TPSA) is 57.6 Å². The molecule has 4 aliphatic rings. The predicted octanol–water partition coefficient (Wildman–Crippen LogP) is 2.69. The highest BCUT2D eigenvalue weighted by atomic mass is 16.4. The van der Waals surface area contributed by atoms with Gasteiger partial charge in [0, 0.05) is 13.1 Å². The summed E-state index contributed by atoms with van der Waals surface area (Å²) in [6, 6.07) is 0.310. The van der Waals surface area contributed by atoms with Crippen LogP contribution in [0.1, 0.15) is 44.9 Å². The number of fused-ring (bicyclic) bond motifs is 2. The fraction of sp³-hybridized carbons (Fsp3) is 0.765. The number of hydrogen-bond acceptors (Lipinski definition) is 2. The van der Waals surface area contributed by atoms with Gasteiger partial charge in [0.25, 0.3) is 0 Å². The van der Waals surface area contributed by atoms with Gasteiger partial charge in [0.05, 0.1) is 11.8 Å². The summed E-state index contributed by atoms with van der Waals surface area (Å²) in [5.41, 5.74) is 0. The van der Waals surface area contributed by atoms with Crippen molar-refractivity contribution in [2.45, 2.75) is 51.0 Å². The fourth-order valence-corrected chi connectivity index (χ4v) is 4.55. The molecule has 2 saturated carbocycles. The maximum atomic E-state index is 12.9. The Labute approximate surface area is 126 Å². The van der Waals surface area contributed by atoms with E-state index < -0.39 is 11.9 Å². The Morgan fingerprint density at radius 2 is 1.52 bits per heavy atom. The van der Waals surface area contributed by atoms with Crippen LogP contribution < -0.4 is 0 Å². The first-order chi connectivity index (χ1) is 10.1. The van der Waals surface area contributed by atoms with Gasteiger partial charge < -0.3 is 10.0 Å². The molecule has 0 spiro atoms. The average Bonchev–Trinajstić information content (AvgIpc) is 2.54. The van der Waals surface area contributed by atoms with E-state index in [9.17, 15) is 14.7 Å². The van der Waals surface area contributed by atoms with Crippen molar-refractivity contribution in [3.8, 4) is 0 Å². The van der Waals surface area contributed by atoms with Crippen LogP contribution in [0.3, 0.4) is 0 Å². The number of hydrogen-bond donors (Lipinski definition) is 1. The van der Waals surface area contributed by atoms with Crippen molar-refractivity contribution in [2.24, 2.45) is 23.7 Å². The van der Waals surface area contributed by atoms with Crippen molar-refractivity contribution in [1.82, 2.24) is 4.90 Å². The van der Waals surface area contributed by atoms with Crippen LogP contribution in [0.4, 0.5) is 0 Å². The second-order valence-electron chi connectivity index (χ2n) is 6.92. The van der Waals surface area contributed by atoms with Gasteiger partial charge in [0.15, 0.2) is 0 Å². The number of carboxylic acid groups (broad SMARTS) is 1. The zero-order valence-corrected chi connectivity index (χ0v) is 12.7. The van der Waals surface area contributed by atoms with Crippen LogP contribution in [0, 0.1) is 23.7 Å². The highest BCUT2D eigenvalue weighted by Gasteiger charge is 2.49. The van der Waals surface area contributed by atoms with Gasteiger partial charge in [-0.15, -0.1) is 0 Å². The summed E-state index contributed by atoms with van der Waals surface area (Å²) >= 11 is 0. The Morgan fingerprint density at radius 1 is 0.952 bits per heavy atom. The molecule has 4 unspecified atom stereocenters. The number of carbonyl (C=O) groups is 2. The minimum absolute atomic E-state index is 0.0428. The highest BCUT2D eigenvalue weighted by molar-refractivity contribution is 5.86. The molecule has 1 amide bonds. The third-order valence-electron chi connectivity index (χ3n) is 5.79. The number of amides is 1. The molecule has 116 valence electrons. The highest BCUT2D eigenvalue weighted by Crippen LogP contribution is 2.46. The van der Waals surface area contributed by atoms with Crippen LogP contribution in [0.25, 0.3) is 0 Å². The second kappa shape index (κ2) is 5.82. The van der Waals surface area contributed by atoms with Crippen molar-refractivity contribution in [1.29, 1.82) is 0 Å². The number of carboxylic acids is 1. The molecule has 4 rings (SSSR count). The molecule has 4 heteroatoms. The Kier molecular flexibility index (Phi) is 4.05. The number of rotatable bonds is 3. The average molecular weight is 291 g/mol. The summed E-state index contributed by atoms with van der Waals surface area (Å²) in [7, 11) is 1.88. The van der Waals surface area contributed by atoms with E-state index in [-0.39, 0.29) is 23.7 Å². The first kappa shape index (κ1) is 14.6. The molecule has 0 radical (unpaired) electrons. The molecule has 21 heavy (non-hydrogen) atoms. The number of allylic oxidation sites excluding steroid dienone is 2. The van der Waals surface area contributed by atoms with Crippen molar-refractivity contribution in [3.05, 3.63) is 12.2 Å². The van der Waals surface area contributed by atoms with Crippen LogP contribution in [0.2, 0.25) is 0 Å². The zero-order valence-electron chi connectivity index (χ0n) is 12.7. The van der Waals surface area contributed by atoms with E-state index >= 15 is 0 Å². The van der Waals surface area contributed by atoms with E-state index in [0.29, 0.717) is 6.04 Å². The van der Waals surface area contributed by atoms with Gasteiger partial charge in [0.2, 0.25) is 5.91 Å².